The zero-order valence-corrected chi connectivity index (χ0v) is 10.6. The molecule has 2 unspecified atom stereocenters. The van der Waals surface area contributed by atoms with E-state index < -0.39 is 12.0 Å². The molecule has 1 rings (SSSR count). The van der Waals surface area contributed by atoms with Crippen LogP contribution in [0.25, 0.3) is 0 Å². The van der Waals surface area contributed by atoms with Crippen molar-refractivity contribution in [3.63, 3.8) is 0 Å². The highest BCUT2D eigenvalue weighted by molar-refractivity contribution is 5.96. The van der Waals surface area contributed by atoms with E-state index in [-0.39, 0.29) is 11.8 Å². The van der Waals surface area contributed by atoms with Crippen LogP contribution in [0.4, 0.5) is 0 Å². The van der Waals surface area contributed by atoms with Crippen molar-refractivity contribution in [2.45, 2.75) is 13.0 Å². The Bertz CT molecular complexity index is 428. The standard InChI is InChI=1S/C14H17NO3/c1-4-10(2)12(14(17)18-3)15-13(16)11-8-6-5-7-9-11/h4-10,12H,1H2,2-3H3,(H,15,16). The minimum atomic E-state index is -0.722. The zero-order valence-electron chi connectivity index (χ0n) is 10.6. The number of nitrogens with one attached hydrogen (secondary N) is 1. The van der Waals surface area contributed by atoms with Crippen molar-refractivity contribution in [3.05, 3.63) is 48.6 Å². The first-order valence-corrected chi connectivity index (χ1v) is 5.66. The Balaban J connectivity index is 2.81. The average molecular weight is 247 g/mol. The van der Waals surface area contributed by atoms with Gasteiger partial charge in [0, 0.05) is 11.5 Å². The van der Waals surface area contributed by atoms with Gasteiger partial charge in [-0.15, -0.1) is 6.58 Å². The van der Waals surface area contributed by atoms with E-state index in [0.717, 1.165) is 0 Å². The molecule has 0 aliphatic rings. The smallest absolute Gasteiger partial charge is 0.328 e. The lowest BCUT2D eigenvalue weighted by Crippen LogP contribution is -2.45. The third-order valence-corrected chi connectivity index (χ3v) is 2.68. The molecule has 1 amide bonds. The van der Waals surface area contributed by atoms with E-state index in [9.17, 15) is 9.59 Å². The van der Waals surface area contributed by atoms with Gasteiger partial charge in [-0.05, 0) is 12.1 Å². The van der Waals surface area contributed by atoms with E-state index in [0.29, 0.717) is 5.56 Å². The number of amides is 1. The number of carbonyl (C=O) groups is 2. The second-order valence-corrected chi connectivity index (χ2v) is 3.94. The summed E-state index contributed by atoms with van der Waals surface area (Å²) in [5.41, 5.74) is 0.502. The minimum absolute atomic E-state index is 0.204. The van der Waals surface area contributed by atoms with Crippen molar-refractivity contribution < 1.29 is 14.3 Å². The second-order valence-electron chi connectivity index (χ2n) is 3.94. The SMILES string of the molecule is C=CC(C)C(NC(=O)c1ccccc1)C(=O)OC. The molecular weight excluding hydrogens is 230 g/mol. The molecule has 4 nitrogen and oxygen atoms in total. The molecule has 0 bridgehead atoms. The topological polar surface area (TPSA) is 55.4 Å². The Morgan fingerprint density at radius 2 is 1.94 bits per heavy atom. The third kappa shape index (κ3) is 3.45. The van der Waals surface area contributed by atoms with Crippen LogP contribution >= 0.6 is 0 Å². The summed E-state index contributed by atoms with van der Waals surface area (Å²) in [6.07, 6.45) is 1.60. The molecule has 2 atom stereocenters. The molecule has 0 heterocycles. The van der Waals surface area contributed by atoms with Crippen LogP contribution in [0.2, 0.25) is 0 Å². The van der Waals surface area contributed by atoms with E-state index in [1.165, 1.54) is 7.11 Å². The van der Waals surface area contributed by atoms with Gasteiger partial charge in [0.05, 0.1) is 7.11 Å². The number of benzene rings is 1. The highest BCUT2D eigenvalue weighted by atomic mass is 16.5. The molecule has 1 N–H and O–H groups in total. The number of hydrogen-bond acceptors (Lipinski definition) is 3. The predicted molar refractivity (Wildman–Crippen MR) is 69.1 cm³/mol. The normalized spacial score (nSPS) is 13.2. The highest BCUT2D eigenvalue weighted by Crippen LogP contribution is 2.08. The number of ether oxygens (including phenoxy) is 1. The minimum Gasteiger partial charge on any atom is -0.467 e. The van der Waals surface area contributed by atoms with Crippen LogP contribution in [0.1, 0.15) is 17.3 Å². The Hall–Kier alpha value is -2.10. The maximum atomic E-state index is 11.9. The molecule has 96 valence electrons. The van der Waals surface area contributed by atoms with Gasteiger partial charge in [0.25, 0.3) is 5.91 Å². The predicted octanol–water partition coefficient (Wildman–Crippen LogP) is 1.78. The molecule has 0 radical (unpaired) electrons. The Kier molecular flexibility index (Phi) is 5.11. The molecule has 0 spiro atoms. The molecule has 18 heavy (non-hydrogen) atoms. The highest BCUT2D eigenvalue weighted by Gasteiger charge is 2.26. The fourth-order valence-corrected chi connectivity index (χ4v) is 1.48. The number of esters is 1. The van der Waals surface area contributed by atoms with E-state index in [2.05, 4.69) is 16.6 Å². The summed E-state index contributed by atoms with van der Waals surface area (Å²) in [5, 5.41) is 2.65. The molecule has 1 aromatic rings. The van der Waals surface area contributed by atoms with E-state index in [4.69, 9.17) is 0 Å². The van der Waals surface area contributed by atoms with Crippen molar-refractivity contribution in [1.29, 1.82) is 0 Å². The van der Waals surface area contributed by atoms with E-state index in [1.807, 2.05) is 6.07 Å². The van der Waals surface area contributed by atoms with Gasteiger partial charge in [0.1, 0.15) is 6.04 Å². The fraction of sp³-hybridized carbons (Fsp3) is 0.286. The summed E-state index contributed by atoms with van der Waals surface area (Å²) in [4.78, 5) is 23.5. The maximum Gasteiger partial charge on any atom is 0.328 e. The van der Waals surface area contributed by atoms with Gasteiger partial charge in [-0.25, -0.2) is 4.79 Å². The van der Waals surface area contributed by atoms with Crippen LogP contribution < -0.4 is 5.32 Å². The molecule has 0 saturated heterocycles. The lowest BCUT2D eigenvalue weighted by Gasteiger charge is -2.20. The van der Waals surface area contributed by atoms with Gasteiger partial charge in [-0.2, -0.15) is 0 Å². The Morgan fingerprint density at radius 3 is 2.44 bits per heavy atom. The van der Waals surface area contributed by atoms with E-state index >= 15 is 0 Å². The lowest BCUT2D eigenvalue weighted by molar-refractivity contribution is -0.143. The third-order valence-electron chi connectivity index (χ3n) is 2.68. The summed E-state index contributed by atoms with van der Waals surface area (Å²) in [6.45, 7) is 5.41. The summed E-state index contributed by atoms with van der Waals surface area (Å²) in [6, 6.07) is 7.99. The molecule has 0 aromatic heterocycles. The van der Waals surface area contributed by atoms with Crippen LogP contribution in [-0.2, 0) is 9.53 Å². The molecular formula is C14H17NO3. The van der Waals surface area contributed by atoms with Gasteiger partial charge >= 0.3 is 5.97 Å². The molecule has 0 aliphatic carbocycles. The van der Waals surface area contributed by atoms with Crippen LogP contribution in [0, 0.1) is 5.92 Å². The maximum absolute atomic E-state index is 11.9. The number of carbonyl (C=O) groups excluding carboxylic acids is 2. The quantitative estimate of drug-likeness (QED) is 0.637. The first-order valence-electron chi connectivity index (χ1n) is 5.66. The van der Waals surface area contributed by atoms with Gasteiger partial charge in [-0.3, -0.25) is 4.79 Å². The first-order chi connectivity index (χ1) is 8.60. The molecule has 4 heteroatoms. The van der Waals surface area contributed by atoms with Gasteiger partial charge < -0.3 is 10.1 Å². The summed E-state index contributed by atoms with van der Waals surface area (Å²) >= 11 is 0. The van der Waals surface area contributed by atoms with Gasteiger partial charge in [0.15, 0.2) is 0 Å². The van der Waals surface area contributed by atoms with Crippen molar-refractivity contribution in [2.75, 3.05) is 7.11 Å². The monoisotopic (exact) mass is 247 g/mol. The Labute approximate surface area is 107 Å². The van der Waals surface area contributed by atoms with Crippen molar-refractivity contribution >= 4 is 11.9 Å². The average Bonchev–Trinajstić information content (AvgIpc) is 2.43. The fourth-order valence-electron chi connectivity index (χ4n) is 1.48. The van der Waals surface area contributed by atoms with Crippen LogP contribution in [0.5, 0.6) is 0 Å². The zero-order chi connectivity index (χ0) is 13.5. The summed E-state index contributed by atoms with van der Waals surface area (Å²) in [7, 11) is 1.29. The van der Waals surface area contributed by atoms with Crippen molar-refractivity contribution in [2.24, 2.45) is 5.92 Å². The summed E-state index contributed by atoms with van der Waals surface area (Å²) in [5.74, 6) is -0.989. The first kappa shape index (κ1) is 14.0. The largest absolute Gasteiger partial charge is 0.467 e. The molecule has 0 aliphatic heterocycles. The summed E-state index contributed by atoms with van der Waals surface area (Å²) < 4.78 is 4.67. The lowest BCUT2D eigenvalue weighted by atomic mass is 10.0. The number of methoxy groups -OCH3 is 1. The molecule has 0 saturated carbocycles. The van der Waals surface area contributed by atoms with E-state index in [1.54, 1.807) is 37.3 Å². The van der Waals surface area contributed by atoms with Crippen molar-refractivity contribution in [1.82, 2.24) is 5.32 Å². The second kappa shape index (κ2) is 6.59. The van der Waals surface area contributed by atoms with Crippen molar-refractivity contribution in [3.8, 4) is 0 Å². The molecule has 1 aromatic carbocycles. The van der Waals surface area contributed by atoms with Gasteiger partial charge in [0.2, 0.25) is 0 Å². The van der Waals surface area contributed by atoms with Gasteiger partial charge in [-0.1, -0.05) is 31.2 Å². The Morgan fingerprint density at radius 1 is 1.33 bits per heavy atom. The van der Waals surface area contributed by atoms with Crippen LogP contribution in [0.15, 0.2) is 43.0 Å². The van der Waals surface area contributed by atoms with Crippen LogP contribution in [-0.4, -0.2) is 25.0 Å². The number of rotatable bonds is 5. The number of hydrogen-bond donors (Lipinski definition) is 1. The molecule has 0 fully saturated rings. The van der Waals surface area contributed by atoms with Crippen LogP contribution in [0.3, 0.4) is 0 Å².